The first-order valence-corrected chi connectivity index (χ1v) is 8.83. The molecule has 2 aliphatic rings. The number of thioether (sulfide) groups is 1. The molecule has 0 spiro atoms. The van der Waals surface area contributed by atoms with Crippen molar-refractivity contribution in [1.29, 1.82) is 0 Å². The van der Waals surface area contributed by atoms with E-state index in [1.807, 2.05) is 41.8 Å². The summed E-state index contributed by atoms with van der Waals surface area (Å²) in [6, 6.07) is 10.2. The van der Waals surface area contributed by atoms with Crippen molar-refractivity contribution in [3.8, 4) is 0 Å². The van der Waals surface area contributed by atoms with Crippen LogP contribution in [0.2, 0.25) is 0 Å². The molecule has 1 aromatic rings. The van der Waals surface area contributed by atoms with Crippen LogP contribution >= 0.6 is 11.8 Å². The smallest absolute Gasteiger partial charge is 0.241 e. The Kier molecular flexibility index (Phi) is 4.83. The summed E-state index contributed by atoms with van der Waals surface area (Å²) in [6.07, 6.45) is 0.0212. The average Bonchev–Trinajstić information content (AvgIpc) is 2.82. The van der Waals surface area contributed by atoms with Crippen LogP contribution in [0.1, 0.15) is 18.7 Å². The van der Waals surface area contributed by atoms with Gasteiger partial charge in [0.25, 0.3) is 0 Å². The molecule has 1 N–H and O–H groups in total. The van der Waals surface area contributed by atoms with E-state index in [1.54, 1.807) is 0 Å². The third-order valence-corrected chi connectivity index (χ3v) is 5.19. The molecule has 0 aromatic heterocycles. The van der Waals surface area contributed by atoms with Gasteiger partial charge in [-0.1, -0.05) is 30.3 Å². The number of carbonyl (C=O) groups excluding carboxylic acids is 1. The molecular weight excluding hydrogens is 282 g/mol. The third kappa shape index (κ3) is 3.42. The Balaban J connectivity index is 1.66. The molecule has 5 heteroatoms. The van der Waals surface area contributed by atoms with Crippen molar-refractivity contribution in [2.24, 2.45) is 0 Å². The van der Waals surface area contributed by atoms with E-state index in [4.69, 9.17) is 0 Å². The van der Waals surface area contributed by atoms with Gasteiger partial charge >= 0.3 is 0 Å². The minimum absolute atomic E-state index is 0.0212. The average molecular weight is 305 g/mol. The molecule has 4 nitrogen and oxygen atoms in total. The molecule has 1 aromatic carbocycles. The fraction of sp³-hybridized carbons (Fsp3) is 0.562. The third-order valence-electron chi connectivity index (χ3n) is 4.25. The summed E-state index contributed by atoms with van der Waals surface area (Å²) in [4.78, 5) is 16.9. The van der Waals surface area contributed by atoms with Crippen molar-refractivity contribution in [3.05, 3.63) is 35.9 Å². The number of hydrogen-bond donors (Lipinski definition) is 1. The van der Waals surface area contributed by atoms with Gasteiger partial charge in [-0.05, 0) is 12.5 Å². The maximum atomic E-state index is 12.4. The zero-order chi connectivity index (χ0) is 14.7. The lowest BCUT2D eigenvalue weighted by Crippen LogP contribution is -2.41. The Bertz CT molecular complexity index is 476. The molecule has 2 atom stereocenters. The van der Waals surface area contributed by atoms with Crippen LogP contribution in [0.4, 0.5) is 0 Å². The summed E-state index contributed by atoms with van der Waals surface area (Å²) in [5, 5.41) is 3.41. The standard InChI is InChI=1S/C16H23N3OS/c1-13-16(20)19(8-7-18-9-11-21-12-10-18)15(17-13)14-5-3-2-4-6-14/h2-6,13,15,17H,7-12H2,1H3. The summed E-state index contributed by atoms with van der Waals surface area (Å²) in [5.41, 5.74) is 1.17. The maximum Gasteiger partial charge on any atom is 0.241 e. The molecule has 21 heavy (non-hydrogen) atoms. The number of hydrogen-bond acceptors (Lipinski definition) is 4. The maximum absolute atomic E-state index is 12.4. The van der Waals surface area contributed by atoms with Crippen LogP contribution < -0.4 is 5.32 Å². The molecule has 0 bridgehead atoms. The molecule has 0 aliphatic carbocycles. The zero-order valence-electron chi connectivity index (χ0n) is 12.5. The molecule has 114 valence electrons. The van der Waals surface area contributed by atoms with Crippen LogP contribution in [0.3, 0.4) is 0 Å². The summed E-state index contributed by atoms with van der Waals surface area (Å²) >= 11 is 2.02. The molecule has 2 fully saturated rings. The highest BCUT2D eigenvalue weighted by Crippen LogP contribution is 2.25. The Morgan fingerprint density at radius 3 is 2.62 bits per heavy atom. The number of rotatable bonds is 4. The molecule has 2 saturated heterocycles. The van der Waals surface area contributed by atoms with Crippen molar-refractivity contribution in [3.63, 3.8) is 0 Å². The summed E-state index contributed by atoms with van der Waals surface area (Å²) < 4.78 is 0. The number of amides is 1. The molecule has 2 heterocycles. The van der Waals surface area contributed by atoms with E-state index < -0.39 is 0 Å². The summed E-state index contributed by atoms with van der Waals surface area (Å²) in [6.45, 7) is 6.03. The fourth-order valence-electron chi connectivity index (χ4n) is 3.00. The van der Waals surface area contributed by atoms with Crippen LogP contribution in [0.5, 0.6) is 0 Å². The van der Waals surface area contributed by atoms with Crippen LogP contribution in [0, 0.1) is 0 Å². The van der Waals surface area contributed by atoms with Crippen LogP contribution in [0.25, 0.3) is 0 Å². The van der Waals surface area contributed by atoms with Gasteiger partial charge in [0.05, 0.1) is 6.04 Å². The van der Waals surface area contributed by atoms with Gasteiger partial charge in [0.15, 0.2) is 0 Å². The van der Waals surface area contributed by atoms with Gasteiger partial charge < -0.3 is 4.90 Å². The van der Waals surface area contributed by atoms with E-state index in [-0.39, 0.29) is 18.1 Å². The molecule has 0 radical (unpaired) electrons. The van der Waals surface area contributed by atoms with Crippen molar-refractivity contribution < 1.29 is 4.79 Å². The van der Waals surface area contributed by atoms with Gasteiger partial charge in [-0.3, -0.25) is 15.0 Å². The highest BCUT2D eigenvalue weighted by molar-refractivity contribution is 7.99. The normalized spacial score (nSPS) is 27.3. The second-order valence-corrected chi connectivity index (χ2v) is 6.91. The van der Waals surface area contributed by atoms with Gasteiger partial charge in [0, 0.05) is 37.7 Å². The van der Waals surface area contributed by atoms with Gasteiger partial charge in [-0.2, -0.15) is 11.8 Å². The lowest BCUT2D eigenvalue weighted by molar-refractivity contribution is -0.130. The van der Waals surface area contributed by atoms with Crippen LogP contribution in [-0.2, 0) is 4.79 Å². The molecule has 0 saturated carbocycles. The van der Waals surface area contributed by atoms with E-state index in [2.05, 4.69) is 22.3 Å². The molecule has 3 rings (SSSR count). The summed E-state index contributed by atoms with van der Waals surface area (Å²) in [5.74, 6) is 2.64. The highest BCUT2D eigenvalue weighted by atomic mass is 32.2. The minimum atomic E-state index is -0.0906. The SMILES string of the molecule is CC1NC(c2ccccc2)N(CCN2CCSCC2)C1=O. The lowest BCUT2D eigenvalue weighted by Gasteiger charge is -2.30. The van der Waals surface area contributed by atoms with E-state index in [9.17, 15) is 4.79 Å². The van der Waals surface area contributed by atoms with Gasteiger partial charge in [-0.25, -0.2) is 0 Å². The second kappa shape index (κ2) is 6.81. The number of carbonyl (C=O) groups is 1. The highest BCUT2D eigenvalue weighted by Gasteiger charge is 2.36. The van der Waals surface area contributed by atoms with Crippen molar-refractivity contribution in [2.75, 3.05) is 37.7 Å². The minimum Gasteiger partial charge on any atom is -0.320 e. The molecular formula is C16H23N3OS. The number of nitrogens with zero attached hydrogens (tertiary/aromatic N) is 2. The van der Waals surface area contributed by atoms with Crippen molar-refractivity contribution in [2.45, 2.75) is 19.1 Å². The fourth-order valence-corrected chi connectivity index (χ4v) is 3.98. The predicted octanol–water partition coefficient (Wildman–Crippen LogP) is 1.55. The van der Waals surface area contributed by atoms with Crippen molar-refractivity contribution >= 4 is 17.7 Å². The molecule has 2 unspecified atom stereocenters. The van der Waals surface area contributed by atoms with Crippen molar-refractivity contribution in [1.82, 2.24) is 15.1 Å². The van der Waals surface area contributed by atoms with Gasteiger partial charge in [0.2, 0.25) is 5.91 Å². The largest absolute Gasteiger partial charge is 0.320 e. The summed E-state index contributed by atoms with van der Waals surface area (Å²) in [7, 11) is 0. The van der Waals surface area contributed by atoms with Crippen LogP contribution in [0.15, 0.2) is 30.3 Å². The van der Waals surface area contributed by atoms with Crippen LogP contribution in [-0.4, -0.2) is 59.4 Å². The first-order valence-electron chi connectivity index (χ1n) is 7.67. The predicted molar refractivity (Wildman–Crippen MR) is 87.3 cm³/mol. The Labute approximate surface area is 130 Å². The van der Waals surface area contributed by atoms with Gasteiger partial charge in [0.1, 0.15) is 6.17 Å². The monoisotopic (exact) mass is 305 g/mol. The van der Waals surface area contributed by atoms with E-state index in [0.717, 1.165) is 26.2 Å². The lowest BCUT2D eigenvalue weighted by atomic mass is 10.1. The van der Waals surface area contributed by atoms with E-state index in [0.29, 0.717) is 0 Å². The van der Waals surface area contributed by atoms with Gasteiger partial charge in [-0.15, -0.1) is 0 Å². The number of benzene rings is 1. The number of nitrogens with one attached hydrogen (secondary N) is 1. The Hall–Kier alpha value is -1.04. The Morgan fingerprint density at radius 1 is 1.19 bits per heavy atom. The molecule has 2 aliphatic heterocycles. The quantitative estimate of drug-likeness (QED) is 0.916. The second-order valence-electron chi connectivity index (χ2n) is 5.69. The van der Waals surface area contributed by atoms with E-state index >= 15 is 0 Å². The Morgan fingerprint density at radius 2 is 1.90 bits per heavy atom. The first-order chi connectivity index (χ1) is 10.3. The van der Waals surface area contributed by atoms with E-state index in [1.165, 1.54) is 17.1 Å². The first kappa shape index (κ1) is 14.9. The molecule has 1 amide bonds. The zero-order valence-corrected chi connectivity index (χ0v) is 13.3. The topological polar surface area (TPSA) is 35.6 Å².